The molecule has 1 atom stereocenters. The summed E-state index contributed by atoms with van der Waals surface area (Å²) in [6.45, 7) is 1.59. The van der Waals surface area contributed by atoms with Gasteiger partial charge in [0.1, 0.15) is 11.5 Å². The summed E-state index contributed by atoms with van der Waals surface area (Å²) >= 11 is 0. The first-order valence-corrected chi connectivity index (χ1v) is 8.13. The van der Waals surface area contributed by atoms with Crippen LogP contribution in [0.15, 0.2) is 22.7 Å². The summed E-state index contributed by atoms with van der Waals surface area (Å²) in [5, 5.41) is 7.63. The van der Waals surface area contributed by atoms with Gasteiger partial charge in [0.2, 0.25) is 11.7 Å². The molecule has 1 aliphatic heterocycles. The first-order valence-electron chi connectivity index (χ1n) is 8.13. The lowest BCUT2D eigenvalue weighted by molar-refractivity contribution is -0.00597. The Morgan fingerprint density at radius 3 is 2.83 bits per heavy atom. The van der Waals surface area contributed by atoms with Crippen molar-refractivity contribution in [2.75, 3.05) is 27.4 Å². The topological polar surface area (TPSA) is 78.6 Å². The van der Waals surface area contributed by atoms with E-state index in [4.69, 9.17) is 18.7 Å². The van der Waals surface area contributed by atoms with Crippen LogP contribution in [0.2, 0.25) is 0 Å². The molecule has 0 radical (unpaired) electrons. The van der Waals surface area contributed by atoms with Crippen LogP contribution < -0.4 is 14.8 Å². The highest BCUT2D eigenvalue weighted by Gasteiger charge is 2.45. The molecule has 24 heavy (non-hydrogen) atoms. The van der Waals surface area contributed by atoms with E-state index in [1.54, 1.807) is 20.3 Å². The van der Waals surface area contributed by atoms with Gasteiger partial charge in [0.15, 0.2) is 0 Å². The van der Waals surface area contributed by atoms with Gasteiger partial charge in [0, 0.05) is 18.2 Å². The van der Waals surface area contributed by atoms with Crippen LogP contribution in [0, 0.1) is 0 Å². The van der Waals surface area contributed by atoms with Crippen molar-refractivity contribution in [3.63, 3.8) is 0 Å². The third-order valence-electron chi connectivity index (χ3n) is 4.67. The van der Waals surface area contributed by atoms with Gasteiger partial charge in [-0.05, 0) is 25.0 Å². The van der Waals surface area contributed by atoms with Crippen molar-refractivity contribution in [3.8, 4) is 22.9 Å². The van der Waals surface area contributed by atoms with Crippen molar-refractivity contribution in [1.29, 1.82) is 0 Å². The molecule has 1 saturated heterocycles. The number of ether oxygens (including phenoxy) is 3. The number of nitrogens with one attached hydrogen (secondary N) is 1. The van der Waals surface area contributed by atoms with Crippen molar-refractivity contribution in [3.05, 3.63) is 24.1 Å². The smallest absolute Gasteiger partial charge is 0.229 e. The minimum atomic E-state index is 0.0716. The van der Waals surface area contributed by atoms with E-state index in [9.17, 15) is 0 Å². The fourth-order valence-corrected chi connectivity index (χ4v) is 2.95. The van der Waals surface area contributed by atoms with E-state index in [0.29, 0.717) is 23.9 Å². The average Bonchev–Trinajstić information content (AvgIpc) is 3.22. The van der Waals surface area contributed by atoms with Crippen molar-refractivity contribution in [2.24, 2.45) is 0 Å². The molecule has 7 heteroatoms. The van der Waals surface area contributed by atoms with Gasteiger partial charge in [-0.2, -0.15) is 4.98 Å². The lowest BCUT2D eigenvalue weighted by atomic mass is 10.1. The van der Waals surface area contributed by atoms with Crippen molar-refractivity contribution < 1.29 is 18.7 Å². The maximum atomic E-state index is 5.92. The Morgan fingerprint density at radius 2 is 2.17 bits per heavy atom. The van der Waals surface area contributed by atoms with Gasteiger partial charge in [-0.15, -0.1) is 0 Å². The Balaban J connectivity index is 1.46. The molecule has 2 heterocycles. The van der Waals surface area contributed by atoms with Crippen LogP contribution in [0.25, 0.3) is 11.4 Å². The van der Waals surface area contributed by atoms with Gasteiger partial charge in [0.05, 0.1) is 38.9 Å². The quantitative estimate of drug-likeness (QED) is 0.895. The molecule has 2 aliphatic rings. The fraction of sp³-hybridized carbons (Fsp3) is 0.529. The number of benzene rings is 1. The zero-order valence-corrected chi connectivity index (χ0v) is 13.9. The van der Waals surface area contributed by atoms with Crippen molar-refractivity contribution in [2.45, 2.75) is 30.9 Å². The maximum absolute atomic E-state index is 5.92. The number of hydrogen-bond donors (Lipinski definition) is 1. The van der Waals surface area contributed by atoms with E-state index in [1.807, 2.05) is 12.1 Å². The molecule has 2 fully saturated rings. The van der Waals surface area contributed by atoms with Gasteiger partial charge < -0.3 is 24.1 Å². The third kappa shape index (κ3) is 2.97. The second kappa shape index (κ2) is 6.07. The molecule has 1 unspecified atom stereocenters. The lowest BCUT2D eigenvalue weighted by Crippen LogP contribution is -2.48. The predicted octanol–water partition coefficient (Wildman–Crippen LogP) is 1.82. The van der Waals surface area contributed by atoms with E-state index in [1.165, 1.54) is 12.8 Å². The lowest BCUT2D eigenvalue weighted by Gasteiger charge is -2.29. The molecular formula is C17H21N3O4. The SMILES string of the molecule is COc1ccc(-c2noc(CC3CNC4(CC4)CO3)n2)c(OC)c1. The van der Waals surface area contributed by atoms with Crippen LogP contribution in [0.4, 0.5) is 0 Å². The number of hydrogen-bond acceptors (Lipinski definition) is 7. The first kappa shape index (κ1) is 15.4. The molecule has 1 saturated carbocycles. The summed E-state index contributed by atoms with van der Waals surface area (Å²) in [6.07, 6.45) is 3.10. The zero-order chi connectivity index (χ0) is 16.6. The summed E-state index contributed by atoms with van der Waals surface area (Å²) in [5.41, 5.74) is 1.03. The largest absolute Gasteiger partial charge is 0.497 e. The Kier molecular flexibility index (Phi) is 3.90. The summed E-state index contributed by atoms with van der Waals surface area (Å²) in [7, 11) is 3.22. The molecule has 0 bridgehead atoms. The molecule has 1 aliphatic carbocycles. The van der Waals surface area contributed by atoms with E-state index in [-0.39, 0.29) is 11.6 Å². The van der Waals surface area contributed by atoms with Gasteiger partial charge in [0.25, 0.3) is 0 Å². The van der Waals surface area contributed by atoms with Crippen LogP contribution in [-0.2, 0) is 11.2 Å². The Bertz CT molecular complexity index is 716. The molecule has 4 rings (SSSR count). The summed E-state index contributed by atoms with van der Waals surface area (Å²) in [5.74, 6) is 2.44. The summed E-state index contributed by atoms with van der Waals surface area (Å²) < 4.78 is 21.9. The zero-order valence-electron chi connectivity index (χ0n) is 13.9. The Morgan fingerprint density at radius 1 is 1.29 bits per heavy atom. The van der Waals surface area contributed by atoms with Crippen LogP contribution in [-0.4, -0.2) is 49.2 Å². The highest BCUT2D eigenvalue weighted by atomic mass is 16.5. The number of morpholine rings is 1. The van der Waals surface area contributed by atoms with Gasteiger partial charge >= 0.3 is 0 Å². The van der Waals surface area contributed by atoms with Crippen LogP contribution >= 0.6 is 0 Å². The number of aromatic nitrogens is 2. The van der Waals surface area contributed by atoms with Crippen LogP contribution in [0.3, 0.4) is 0 Å². The highest BCUT2D eigenvalue weighted by Crippen LogP contribution is 2.38. The van der Waals surface area contributed by atoms with Gasteiger partial charge in [-0.1, -0.05) is 5.16 Å². The number of rotatable bonds is 5. The third-order valence-corrected chi connectivity index (χ3v) is 4.67. The molecule has 1 spiro atoms. The van der Waals surface area contributed by atoms with Crippen LogP contribution in [0.5, 0.6) is 11.5 Å². The average molecular weight is 331 g/mol. The predicted molar refractivity (Wildman–Crippen MR) is 86.2 cm³/mol. The molecule has 1 aromatic heterocycles. The van der Waals surface area contributed by atoms with E-state index < -0.39 is 0 Å². The Labute approximate surface area is 140 Å². The standard InChI is InChI=1S/C17H21N3O4/c1-21-11-3-4-13(14(7-11)22-2)16-19-15(24-20-16)8-12-9-18-17(5-6-17)10-23-12/h3-4,7,12,18H,5-6,8-10H2,1-2H3. The summed E-state index contributed by atoms with van der Waals surface area (Å²) in [6, 6.07) is 5.51. The minimum Gasteiger partial charge on any atom is -0.497 e. The second-order valence-corrected chi connectivity index (χ2v) is 6.38. The van der Waals surface area contributed by atoms with Gasteiger partial charge in [-0.3, -0.25) is 0 Å². The Hall–Kier alpha value is -2.12. The molecule has 0 amide bonds. The molecule has 1 N–H and O–H groups in total. The first-order chi connectivity index (χ1) is 11.7. The molecule has 1 aromatic carbocycles. The fourth-order valence-electron chi connectivity index (χ4n) is 2.95. The van der Waals surface area contributed by atoms with Crippen LogP contribution in [0.1, 0.15) is 18.7 Å². The molecule has 7 nitrogen and oxygen atoms in total. The van der Waals surface area contributed by atoms with E-state index >= 15 is 0 Å². The molecule has 128 valence electrons. The number of methoxy groups -OCH3 is 2. The van der Waals surface area contributed by atoms with E-state index in [0.717, 1.165) is 24.5 Å². The normalized spacial score (nSPS) is 21.7. The minimum absolute atomic E-state index is 0.0716. The summed E-state index contributed by atoms with van der Waals surface area (Å²) in [4.78, 5) is 4.48. The molecular weight excluding hydrogens is 310 g/mol. The highest BCUT2D eigenvalue weighted by molar-refractivity contribution is 5.65. The monoisotopic (exact) mass is 331 g/mol. The number of nitrogens with zero attached hydrogens (tertiary/aromatic N) is 2. The molecule has 2 aromatic rings. The second-order valence-electron chi connectivity index (χ2n) is 6.38. The van der Waals surface area contributed by atoms with Crippen molar-refractivity contribution >= 4 is 0 Å². The maximum Gasteiger partial charge on any atom is 0.229 e. The van der Waals surface area contributed by atoms with Gasteiger partial charge in [-0.25, -0.2) is 0 Å². The van der Waals surface area contributed by atoms with E-state index in [2.05, 4.69) is 15.5 Å². The van der Waals surface area contributed by atoms with Crippen molar-refractivity contribution in [1.82, 2.24) is 15.5 Å².